The maximum Gasteiger partial charge on any atom is 0.266 e. The van der Waals surface area contributed by atoms with Crippen LogP contribution in [0.4, 0.5) is 0 Å². The fourth-order valence-corrected chi connectivity index (χ4v) is 3.16. The molecular formula is C15H6Cl2N2O2. The number of hydrogen-bond donors (Lipinski definition) is 0. The van der Waals surface area contributed by atoms with Gasteiger partial charge in [0.2, 0.25) is 5.78 Å². The molecule has 4 nitrogen and oxygen atoms in total. The van der Waals surface area contributed by atoms with Crippen LogP contribution in [0.3, 0.4) is 0 Å². The van der Waals surface area contributed by atoms with E-state index >= 15 is 0 Å². The van der Waals surface area contributed by atoms with Gasteiger partial charge in [0.25, 0.3) is 5.56 Å². The first kappa shape index (κ1) is 12.6. The molecule has 0 radical (unpaired) electrons. The van der Waals surface area contributed by atoms with E-state index < -0.39 is 0 Å². The van der Waals surface area contributed by atoms with Crippen molar-refractivity contribution < 1.29 is 4.79 Å². The number of benzene rings is 2. The number of ketones is 1. The molecule has 102 valence electrons. The highest BCUT2D eigenvalue weighted by Crippen LogP contribution is 2.34. The maximum absolute atomic E-state index is 12.6. The summed E-state index contributed by atoms with van der Waals surface area (Å²) < 4.78 is 1.26. The SMILES string of the molecule is O=C1c2cc(Cl)cc(Cl)c2-n2c1nc1ccccc1c2=O. The van der Waals surface area contributed by atoms with Crippen LogP contribution in [-0.2, 0) is 0 Å². The number of carbonyl (C=O) groups excluding carboxylic acids is 1. The van der Waals surface area contributed by atoms with Crippen LogP contribution in [0.15, 0.2) is 41.2 Å². The van der Waals surface area contributed by atoms with Crippen molar-refractivity contribution in [1.29, 1.82) is 0 Å². The molecule has 0 spiro atoms. The predicted octanol–water partition coefficient (Wildman–Crippen LogP) is 3.24. The second-order valence-corrected chi connectivity index (χ2v) is 5.55. The van der Waals surface area contributed by atoms with Gasteiger partial charge in [-0.05, 0) is 24.3 Å². The van der Waals surface area contributed by atoms with Gasteiger partial charge in [-0.15, -0.1) is 0 Å². The van der Waals surface area contributed by atoms with E-state index in [2.05, 4.69) is 4.98 Å². The van der Waals surface area contributed by atoms with Crippen LogP contribution in [0.1, 0.15) is 16.2 Å². The highest BCUT2D eigenvalue weighted by Gasteiger charge is 2.32. The summed E-state index contributed by atoms with van der Waals surface area (Å²) in [4.78, 5) is 29.4. The van der Waals surface area contributed by atoms with Crippen molar-refractivity contribution in [2.75, 3.05) is 0 Å². The number of nitrogens with zero attached hydrogens (tertiary/aromatic N) is 2. The number of rotatable bonds is 0. The summed E-state index contributed by atoms with van der Waals surface area (Å²) >= 11 is 12.1. The minimum atomic E-state index is -0.350. The summed E-state index contributed by atoms with van der Waals surface area (Å²) in [6.07, 6.45) is 0. The van der Waals surface area contributed by atoms with E-state index in [9.17, 15) is 9.59 Å². The third kappa shape index (κ3) is 1.60. The van der Waals surface area contributed by atoms with E-state index in [1.807, 2.05) is 0 Å². The first-order valence-electron chi connectivity index (χ1n) is 6.14. The molecule has 0 atom stereocenters. The first-order valence-corrected chi connectivity index (χ1v) is 6.89. The summed E-state index contributed by atoms with van der Waals surface area (Å²) in [6.45, 7) is 0. The Balaban J connectivity index is 2.22. The number of para-hydroxylation sites is 1. The van der Waals surface area contributed by atoms with Crippen molar-refractivity contribution in [3.63, 3.8) is 0 Å². The van der Waals surface area contributed by atoms with Gasteiger partial charge in [-0.1, -0.05) is 35.3 Å². The molecule has 0 aliphatic carbocycles. The Morgan fingerprint density at radius 2 is 1.81 bits per heavy atom. The molecule has 4 rings (SSSR count). The predicted molar refractivity (Wildman–Crippen MR) is 80.8 cm³/mol. The number of aromatic nitrogens is 2. The zero-order chi connectivity index (χ0) is 14.7. The Labute approximate surface area is 128 Å². The zero-order valence-corrected chi connectivity index (χ0v) is 11.9. The minimum absolute atomic E-state index is 0.0675. The molecule has 0 amide bonds. The van der Waals surface area contributed by atoms with Gasteiger partial charge in [0.1, 0.15) is 0 Å². The summed E-state index contributed by atoms with van der Waals surface area (Å²) in [5.41, 5.74) is 0.820. The van der Waals surface area contributed by atoms with Crippen LogP contribution in [-0.4, -0.2) is 15.3 Å². The van der Waals surface area contributed by atoms with Gasteiger partial charge >= 0.3 is 0 Å². The molecule has 0 fully saturated rings. The van der Waals surface area contributed by atoms with E-state index in [1.165, 1.54) is 16.7 Å². The lowest BCUT2D eigenvalue weighted by atomic mass is 10.1. The summed E-state index contributed by atoms with van der Waals surface area (Å²) in [6, 6.07) is 9.89. The molecule has 0 saturated carbocycles. The Hall–Kier alpha value is -2.17. The number of carbonyl (C=O) groups is 1. The molecule has 0 N–H and O–H groups in total. The fourth-order valence-electron chi connectivity index (χ4n) is 2.58. The molecule has 0 saturated heterocycles. The molecule has 2 aromatic carbocycles. The van der Waals surface area contributed by atoms with E-state index in [0.29, 0.717) is 27.2 Å². The van der Waals surface area contributed by atoms with Crippen molar-refractivity contribution in [2.24, 2.45) is 0 Å². The third-order valence-corrected chi connectivity index (χ3v) is 3.98. The van der Waals surface area contributed by atoms with E-state index in [1.54, 1.807) is 24.3 Å². The average Bonchev–Trinajstić information content (AvgIpc) is 2.74. The van der Waals surface area contributed by atoms with Gasteiger partial charge in [0.15, 0.2) is 5.82 Å². The van der Waals surface area contributed by atoms with Gasteiger partial charge in [-0.25, -0.2) is 4.98 Å². The monoisotopic (exact) mass is 316 g/mol. The van der Waals surface area contributed by atoms with Gasteiger partial charge in [0, 0.05) is 5.02 Å². The third-order valence-electron chi connectivity index (χ3n) is 3.48. The van der Waals surface area contributed by atoms with E-state index in [4.69, 9.17) is 23.2 Å². The summed E-state index contributed by atoms with van der Waals surface area (Å²) in [5.74, 6) is -0.282. The maximum atomic E-state index is 12.6. The molecule has 1 aromatic heterocycles. The zero-order valence-electron chi connectivity index (χ0n) is 10.4. The van der Waals surface area contributed by atoms with Crippen LogP contribution in [0.2, 0.25) is 10.0 Å². The van der Waals surface area contributed by atoms with Gasteiger partial charge in [0.05, 0.1) is 27.2 Å². The van der Waals surface area contributed by atoms with Gasteiger partial charge in [-0.3, -0.25) is 14.2 Å². The van der Waals surface area contributed by atoms with E-state index in [0.717, 1.165) is 0 Å². The standard InChI is InChI=1S/C15H6Cl2N2O2/c16-7-5-9-12(10(17)6-7)19-14(13(9)20)18-11-4-2-1-3-8(11)15(19)21/h1-6H. The lowest BCUT2D eigenvalue weighted by molar-refractivity contribution is 0.103. The van der Waals surface area contributed by atoms with Gasteiger partial charge < -0.3 is 0 Å². The second-order valence-electron chi connectivity index (χ2n) is 4.71. The van der Waals surface area contributed by atoms with Crippen LogP contribution >= 0.6 is 23.2 Å². The largest absolute Gasteiger partial charge is 0.285 e. The smallest absolute Gasteiger partial charge is 0.266 e. The molecule has 3 aromatic rings. The molecule has 6 heteroatoms. The van der Waals surface area contributed by atoms with Crippen LogP contribution < -0.4 is 5.56 Å². The Morgan fingerprint density at radius 3 is 2.62 bits per heavy atom. The van der Waals surface area contributed by atoms with Crippen molar-refractivity contribution in [3.05, 3.63) is 68.2 Å². The normalized spacial score (nSPS) is 12.6. The van der Waals surface area contributed by atoms with Crippen LogP contribution in [0.5, 0.6) is 0 Å². The Bertz CT molecular complexity index is 1010. The fraction of sp³-hybridized carbons (Fsp3) is 0. The highest BCUT2D eigenvalue weighted by atomic mass is 35.5. The quantitative estimate of drug-likeness (QED) is 0.500. The highest BCUT2D eigenvalue weighted by molar-refractivity contribution is 6.37. The number of hydrogen-bond acceptors (Lipinski definition) is 3. The van der Waals surface area contributed by atoms with E-state index in [-0.39, 0.29) is 22.2 Å². The summed E-state index contributed by atoms with van der Waals surface area (Å²) in [5, 5.41) is 1.04. The number of halogens is 2. The first-order chi connectivity index (χ1) is 10.1. The topological polar surface area (TPSA) is 52.0 Å². The summed E-state index contributed by atoms with van der Waals surface area (Å²) in [7, 11) is 0. The Kier molecular flexibility index (Phi) is 2.49. The van der Waals surface area contributed by atoms with Crippen molar-refractivity contribution >= 4 is 39.9 Å². The van der Waals surface area contributed by atoms with Crippen LogP contribution in [0, 0.1) is 0 Å². The van der Waals surface area contributed by atoms with Gasteiger partial charge in [-0.2, -0.15) is 0 Å². The molecule has 0 unspecified atom stereocenters. The molecule has 1 aliphatic rings. The molecule has 0 bridgehead atoms. The molecular weight excluding hydrogens is 311 g/mol. The number of fused-ring (bicyclic) bond motifs is 4. The van der Waals surface area contributed by atoms with Crippen molar-refractivity contribution in [2.45, 2.75) is 0 Å². The Morgan fingerprint density at radius 1 is 1.05 bits per heavy atom. The van der Waals surface area contributed by atoms with Crippen LogP contribution in [0.25, 0.3) is 16.6 Å². The molecule has 2 heterocycles. The lowest BCUT2D eigenvalue weighted by Gasteiger charge is -2.07. The minimum Gasteiger partial charge on any atom is -0.285 e. The lowest BCUT2D eigenvalue weighted by Crippen LogP contribution is -2.21. The molecule has 1 aliphatic heterocycles. The average molecular weight is 317 g/mol. The van der Waals surface area contributed by atoms with Crippen molar-refractivity contribution in [1.82, 2.24) is 9.55 Å². The molecule has 21 heavy (non-hydrogen) atoms. The second kappa shape index (κ2) is 4.16. The van der Waals surface area contributed by atoms with Crippen molar-refractivity contribution in [3.8, 4) is 5.69 Å².